The normalized spacial score (nSPS) is 31.4. The second-order valence-electron chi connectivity index (χ2n) is 7.07. The average molecular weight is 438 g/mol. The molecule has 2 aliphatic rings. The Balaban J connectivity index is 1.64. The molecule has 0 aliphatic carbocycles. The fraction of sp³-hybridized carbons (Fsp3) is 0.889. The topological polar surface area (TPSA) is 47.9 Å². The first-order chi connectivity index (χ1) is 11.0. The number of aliphatic hydroxyl groups excluding tert-OH is 1. The minimum absolute atomic E-state index is 0.0300. The molecule has 2 heterocycles. The molecule has 4 nitrogen and oxygen atoms in total. The van der Waals surface area contributed by atoms with Crippen LogP contribution in [0, 0.1) is 11.8 Å². The van der Waals surface area contributed by atoms with E-state index in [1.165, 1.54) is 0 Å². The maximum atomic E-state index is 10.2. The van der Waals surface area contributed by atoms with Crippen molar-refractivity contribution in [2.75, 3.05) is 13.2 Å². The number of hydrogen-bond donors (Lipinski definition) is 1. The highest BCUT2D eigenvalue weighted by molar-refractivity contribution is 14.1. The van der Waals surface area contributed by atoms with Crippen LogP contribution in [0.15, 0.2) is 10.2 Å². The van der Waals surface area contributed by atoms with E-state index in [1.54, 1.807) is 0 Å². The van der Waals surface area contributed by atoms with Crippen molar-refractivity contribution in [2.24, 2.45) is 11.8 Å². The van der Waals surface area contributed by atoms with Crippen molar-refractivity contribution >= 4 is 22.6 Å². The predicted molar refractivity (Wildman–Crippen MR) is 99.5 cm³/mol. The average Bonchev–Trinajstić information content (AvgIpc) is 3.12. The highest BCUT2D eigenvalue weighted by Gasteiger charge is 2.33. The fourth-order valence-corrected chi connectivity index (χ4v) is 3.70. The van der Waals surface area contributed by atoms with Gasteiger partial charge in [0, 0.05) is 6.42 Å². The van der Waals surface area contributed by atoms with Gasteiger partial charge in [0.2, 0.25) is 0 Å². The smallest absolute Gasteiger partial charge is 0.157 e. The quantitative estimate of drug-likeness (QED) is 0.552. The van der Waals surface area contributed by atoms with E-state index in [9.17, 15) is 5.11 Å². The fourth-order valence-electron chi connectivity index (χ4n) is 3.45. The van der Waals surface area contributed by atoms with Gasteiger partial charge in [0.1, 0.15) is 0 Å². The van der Waals surface area contributed by atoms with Gasteiger partial charge < -0.3 is 19.3 Å². The second kappa shape index (κ2) is 9.70. The third kappa shape index (κ3) is 6.61. The number of allylic oxidation sites excluding steroid dienone is 1. The first-order valence-corrected chi connectivity index (χ1v) is 9.94. The molecule has 0 spiro atoms. The second-order valence-corrected chi connectivity index (χ2v) is 8.46. The molecule has 0 bridgehead atoms. The van der Waals surface area contributed by atoms with Crippen LogP contribution in [0.25, 0.3) is 0 Å². The number of hydrogen-bond acceptors (Lipinski definition) is 4. The molecule has 1 N–H and O–H groups in total. The first kappa shape index (κ1) is 19.6. The molecule has 5 heteroatoms. The Labute approximate surface area is 154 Å². The van der Waals surface area contributed by atoms with Gasteiger partial charge in [-0.15, -0.1) is 0 Å². The molecular formula is C18H31IO4. The molecule has 5 atom stereocenters. The van der Waals surface area contributed by atoms with E-state index >= 15 is 0 Å². The van der Waals surface area contributed by atoms with Gasteiger partial charge in [-0.3, -0.25) is 0 Å². The largest absolute Gasteiger partial charge is 0.393 e. The number of aliphatic hydroxyl groups is 1. The SMILES string of the molecule is C=C(I)C(C)C[C@H](O)CC[C@@H]1O[C@@H](CCC2OCCO2)CC1C. The number of halogens is 1. The summed E-state index contributed by atoms with van der Waals surface area (Å²) in [6, 6.07) is 0. The Morgan fingerprint density at radius 2 is 1.96 bits per heavy atom. The van der Waals surface area contributed by atoms with Gasteiger partial charge in [0.05, 0.1) is 31.5 Å². The third-order valence-electron chi connectivity index (χ3n) is 5.00. The zero-order chi connectivity index (χ0) is 16.8. The van der Waals surface area contributed by atoms with Crippen molar-refractivity contribution in [1.82, 2.24) is 0 Å². The summed E-state index contributed by atoms with van der Waals surface area (Å²) in [5.74, 6) is 0.932. The first-order valence-electron chi connectivity index (χ1n) is 8.86. The zero-order valence-electron chi connectivity index (χ0n) is 14.4. The Bertz CT molecular complexity index is 370. The van der Waals surface area contributed by atoms with Crippen molar-refractivity contribution in [1.29, 1.82) is 0 Å². The van der Waals surface area contributed by atoms with Crippen molar-refractivity contribution < 1.29 is 19.3 Å². The van der Waals surface area contributed by atoms with E-state index in [0.717, 1.165) is 55.3 Å². The summed E-state index contributed by atoms with van der Waals surface area (Å²) in [5.41, 5.74) is 0. The summed E-state index contributed by atoms with van der Waals surface area (Å²) < 4.78 is 18.3. The Kier molecular flexibility index (Phi) is 8.28. The summed E-state index contributed by atoms with van der Waals surface area (Å²) in [4.78, 5) is 0. The molecule has 0 amide bonds. The highest BCUT2D eigenvalue weighted by Crippen LogP contribution is 2.33. The van der Waals surface area contributed by atoms with Crippen LogP contribution < -0.4 is 0 Å². The van der Waals surface area contributed by atoms with Gasteiger partial charge in [0.15, 0.2) is 6.29 Å². The lowest BCUT2D eigenvalue weighted by Crippen LogP contribution is -2.19. The standard InChI is InChI=1S/C18H31IO4/c1-12(14(3)19)10-15(20)4-6-17-13(2)11-16(23-17)5-7-18-21-8-9-22-18/h12-13,15-18,20H,3-11H2,1-2H3/t12?,13?,15-,16+,17+/m1/s1. The van der Waals surface area contributed by atoms with Gasteiger partial charge in [-0.25, -0.2) is 0 Å². The molecule has 2 aliphatic heterocycles. The molecule has 2 saturated heterocycles. The lowest BCUT2D eigenvalue weighted by atomic mass is 9.94. The van der Waals surface area contributed by atoms with E-state index < -0.39 is 0 Å². The molecule has 2 fully saturated rings. The Morgan fingerprint density at radius 3 is 2.61 bits per heavy atom. The third-order valence-corrected chi connectivity index (χ3v) is 6.06. The molecule has 0 aromatic rings. The molecule has 0 saturated carbocycles. The van der Waals surface area contributed by atoms with Gasteiger partial charge in [-0.2, -0.15) is 0 Å². The summed E-state index contributed by atoms with van der Waals surface area (Å²) in [6.45, 7) is 9.77. The van der Waals surface area contributed by atoms with Crippen LogP contribution in [0.5, 0.6) is 0 Å². The van der Waals surface area contributed by atoms with E-state index in [4.69, 9.17) is 14.2 Å². The summed E-state index contributed by atoms with van der Waals surface area (Å²) >= 11 is 2.25. The van der Waals surface area contributed by atoms with E-state index in [2.05, 4.69) is 43.0 Å². The van der Waals surface area contributed by atoms with Crippen molar-refractivity contribution in [2.45, 2.75) is 77.0 Å². The van der Waals surface area contributed by atoms with Crippen molar-refractivity contribution in [3.8, 4) is 0 Å². The Morgan fingerprint density at radius 1 is 1.26 bits per heavy atom. The predicted octanol–water partition coefficient (Wildman–Crippen LogP) is 4.05. The van der Waals surface area contributed by atoms with Crippen molar-refractivity contribution in [3.05, 3.63) is 10.2 Å². The summed E-state index contributed by atoms with van der Waals surface area (Å²) in [5, 5.41) is 10.2. The molecule has 0 aromatic heterocycles. The minimum atomic E-state index is -0.258. The molecule has 134 valence electrons. The highest BCUT2D eigenvalue weighted by atomic mass is 127. The van der Waals surface area contributed by atoms with Crippen LogP contribution in [-0.4, -0.2) is 42.9 Å². The lowest BCUT2D eigenvalue weighted by Gasteiger charge is -2.20. The van der Waals surface area contributed by atoms with Crippen LogP contribution in [0.1, 0.15) is 52.4 Å². The molecule has 0 radical (unpaired) electrons. The van der Waals surface area contributed by atoms with Gasteiger partial charge in [0.25, 0.3) is 0 Å². The van der Waals surface area contributed by atoms with Crippen molar-refractivity contribution in [3.63, 3.8) is 0 Å². The number of rotatable bonds is 9. The molecule has 23 heavy (non-hydrogen) atoms. The van der Waals surface area contributed by atoms with Gasteiger partial charge in [-0.05, 0) is 70.1 Å². The molecular weight excluding hydrogens is 407 g/mol. The summed E-state index contributed by atoms with van der Waals surface area (Å²) in [7, 11) is 0. The molecule has 0 aromatic carbocycles. The maximum absolute atomic E-state index is 10.2. The Hall–Kier alpha value is 0.310. The van der Waals surface area contributed by atoms with Crippen LogP contribution >= 0.6 is 22.6 Å². The van der Waals surface area contributed by atoms with Gasteiger partial charge in [-0.1, -0.05) is 20.4 Å². The van der Waals surface area contributed by atoms with Crippen LogP contribution in [0.2, 0.25) is 0 Å². The van der Waals surface area contributed by atoms with Crippen LogP contribution in [0.4, 0.5) is 0 Å². The van der Waals surface area contributed by atoms with E-state index in [-0.39, 0.29) is 18.5 Å². The van der Waals surface area contributed by atoms with Gasteiger partial charge >= 0.3 is 0 Å². The van der Waals surface area contributed by atoms with E-state index in [1.807, 2.05) is 0 Å². The molecule has 2 unspecified atom stereocenters. The van der Waals surface area contributed by atoms with Crippen LogP contribution in [-0.2, 0) is 14.2 Å². The summed E-state index contributed by atoms with van der Waals surface area (Å²) in [6.07, 6.45) is 5.87. The lowest BCUT2D eigenvalue weighted by molar-refractivity contribution is -0.0597. The zero-order valence-corrected chi connectivity index (χ0v) is 16.5. The maximum Gasteiger partial charge on any atom is 0.157 e. The minimum Gasteiger partial charge on any atom is -0.393 e. The van der Waals surface area contributed by atoms with E-state index in [0.29, 0.717) is 17.9 Å². The monoisotopic (exact) mass is 438 g/mol. The molecule has 2 rings (SSSR count). The number of ether oxygens (including phenoxy) is 3. The van der Waals surface area contributed by atoms with Crippen LogP contribution in [0.3, 0.4) is 0 Å².